The number of anilines is 1. The van der Waals surface area contributed by atoms with Gasteiger partial charge in [0, 0.05) is 25.2 Å². The van der Waals surface area contributed by atoms with Crippen molar-refractivity contribution in [2.24, 2.45) is 5.92 Å². The van der Waals surface area contributed by atoms with Crippen LogP contribution in [0, 0.1) is 5.92 Å². The first-order chi connectivity index (χ1) is 8.22. The SMILES string of the molecule is COC(=O)[C@@H]1CN(c2ccccc2)CCC1=O. The Morgan fingerprint density at radius 2 is 2.06 bits per heavy atom. The molecule has 0 saturated carbocycles. The normalized spacial score (nSPS) is 20.2. The summed E-state index contributed by atoms with van der Waals surface area (Å²) in [5, 5.41) is 0. The third-order valence-electron chi connectivity index (χ3n) is 3.03. The fraction of sp³-hybridized carbons (Fsp3) is 0.385. The first-order valence-corrected chi connectivity index (χ1v) is 5.63. The largest absolute Gasteiger partial charge is 0.468 e. The van der Waals surface area contributed by atoms with Crippen LogP contribution in [0.3, 0.4) is 0 Å². The van der Waals surface area contributed by atoms with Gasteiger partial charge in [-0.25, -0.2) is 0 Å². The number of ketones is 1. The lowest BCUT2D eigenvalue weighted by atomic mass is 9.96. The number of esters is 1. The molecule has 2 rings (SSSR count). The minimum absolute atomic E-state index is 0.0240. The van der Waals surface area contributed by atoms with Gasteiger partial charge in [-0.15, -0.1) is 0 Å². The molecule has 1 aromatic carbocycles. The highest BCUT2D eigenvalue weighted by Gasteiger charge is 2.33. The van der Waals surface area contributed by atoms with Crippen LogP contribution in [-0.4, -0.2) is 32.0 Å². The van der Waals surface area contributed by atoms with Crippen LogP contribution in [0.5, 0.6) is 0 Å². The predicted octanol–water partition coefficient (Wildman–Crippen LogP) is 1.25. The van der Waals surface area contributed by atoms with E-state index in [2.05, 4.69) is 4.74 Å². The van der Waals surface area contributed by atoms with Crippen LogP contribution in [0.4, 0.5) is 5.69 Å². The van der Waals surface area contributed by atoms with Crippen molar-refractivity contribution in [2.75, 3.05) is 25.1 Å². The predicted molar refractivity (Wildman–Crippen MR) is 63.8 cm³/mol. The Kier molecular flexibility index (Phi) is 3.42. The van der Waals surface area contributed by atoms with Gasteiger partial charge in [0.15, 0.2) is 5.78 Å². The Morgan fingerprint density at radius 1 is 1.35 bits per heavy atom. The summed E-state index contributed by atoms with van der Waals surface area (Å²) in [6.45, 7) is 1.08. The average Bonchev–Trinajstić information content (AvgIpc) is 2.39. The first-order valence-electron chi connectivity index (χ1n) is 5.63. The minimum atomic E-state index is -0.644. The molecule has 0 radical (unpaired) electrons. The third kappa shape index (κ3) is 2.46. The van der Waals surface area contributed by atoms with Gasteiger partial charge >= 0.3 is 5.97 Å². The second-order valence-electron chi connectivity index (χ2n) is 4.07. The van der Waals surface area contributed by atoms with E-state index >= 15 is 0 Å². The number of methoxy groups -OCH3 is 1. The van der Waals surface area contributed by atoms with Crippen molar-refractivity contribution in [3.8, 4) is 0 Å². The van der Waals surface area contributed by atoms with Crippen LogP contribution in [-0.2, 0) is 14.3 Å². The zero-order chi connectivity index (χ0) is 12.3. The van der Waals surface area contributed by atoms with Gasteiger partial charge in [0.1, 0.15) is 5.92 Å². The second-order valence-corrected chi connectivity index (χ2v) is 4.07. The summed E-state index contributed by atoms with van der Waals surface area (Å²) in [6, 6.07) is 9.78. The van der Waals surface area contributed by atoms with Gasteiger partial charge < -0.3 is 9.64 Å². The standard InChI is InChI=1S/C13H15NO3/c1-17-13(16)11-9-14(8-7-12(11)15)10-5-3-2-4-6-10/h2-6,11H,7-9H2,1H3/t11-/m1/s1. The number of Topliss-reactive ketones (excluding diaryl/α,β-unsaturated/α-hetero) is 1. The highest BCUT2D eigenvalue weighted by Crippen LogP contribution is 2.21. The number of benzene rings is 1. The summed E-state index contributed by atoms with van der Waals surface area (Å²) in [5.41, 5.74) is 1.04. The van der Waals surface area contributed by atoms with Gasteiger partial charge in [-0.05, 0) is 12.1 Å². The molecule has 0 aliphatic carbocycles. The van der Waals surface area contributed by atoms with Crippen molar-refractivity contribution >= 4 is 17.4 Å². The van der Waals surface area contributed by atoms with Gasteiger partial charge in [-0.1, -0.05) is 18.2 Å². The van der Waals surface area contributed by atoms with Crippen molar-refractivity contribution < 1.29 is 14.3 Å². The van der Waals surface area contributed by atoms with Crippen LogP contribution < -0.4 is 4.90 Å². The van der Waals surface area contributed by atoms with Crippen LogP contribution in [0.15, 0.2) is 30.3 Å². The number of piperidine rings is 1. The van der Waals surface area contributed by atoms with Gasteiger partial charge in [0.05, 0.1) is 7.11 Å². The van der Waals surface area contributed by atoms with E-state index in [4.69, 9.17) is 0 Å². The number of hydrogen-bond donors (Lipinski definition) is 0. The molecule has 0 amide bonds. The van der Waals surface area contributed by atoms with Gasteiger partial charge in [-0.2, -0.15) is 0 Å². The lowest BCUT2D eigenvalue weighted by molar-refractivity contribution is -0.149. The summed E-state index contributed by atoms with van der Waals surface area (Å²) < 4.78 is 4.66. The van der Waals surface area contributed by atoms with Crippen molar-refractivity contribution in [2.45, 2.75) is 6.42 Å². The highest BCUT2D eigenvalue weighted by atomic mass is 16.5. The molecule has 4 heteroatoms. The Morgan fingerprint density at radius 3 is 2.71 bits per heavy atom. The van der Waals surface area contributed by atoms with Crippen molar-refractivity contribution in [1.29, 1.82) is 0 Å². The Bertz CT molecular complexity index is 408. The van der Waals surface area contributed by atoms with Crippen LogP contribution >= 0.6 is 0 Å². The molecule has 17 heavy (non-hydrogen) atoms. The van der Waals surface area contributed by atoms with Crippen molar-refractivity contribution in [3.63, 3.8) is 0 Å². The number of rotatable bonds is 2. The molecule has 4 nitrogen and oxygen atoms in total. The summed E-state index contributed by atoms with van der Waals surface area (Å²) in [5.74, 6) is -1.10. The summed E-state index contributed by atoms with van der Waals surface area (Å²) in [7, 11) is 1.32. The van der Waals surface area contributed by atoms with Gasteiger partial charge in [0.25, 0.3) is 0 Å². The molecule has 1 atom stereocenters. The van der Waals surface area contributed by atoms with Crippen LogP contribution in [0.1, 0.15) is 6.42 Å². The van der Waals surface area contributed by atoms with E-state index < -0.39 is 11.9 Å². The van der Waals surface area contributed by atoms with E-state index in [0.717, 1.165) is 5.69 Å². The molecular weight excluding hydrogens is 218 g/mol. The zero-order valence-electron chi connectivity index (χ0n) is 9.76. The zero-order valence-corrected chi connectivity index (χ0v) is 9.76. The summed E-state index contributed by atoms with van der Waals surface area (Å²) in [6.07, 6.45) is 0.397. The third-order valence-corrected chi connectivity index (χ3v) is 3.03. The number of carbonyl (C=O) groups excluding carboxylic acids is 2. The first kappa shape index (κ1) is 11.6. The van der Waals surface area contributed by atoms with Crippen molar-refractivity contribution in [1.82, 2.24) is 0 Å². The molecule has 1 aliphatic rings. The number of para-hydroxylation sites is 1. The number of nitrogens with zero attached hydrogens (tertiary/aromatic N) is 1. The maximum atomic E-state index is 11.6. The van der Waals surface area contributed by atoms with Crippen LogP contribution in [0.25, 0.3) is 0 Å². The highest BCUT2D eigenvalue weighted by molar-refractivity contribution is 6.00. The van der Waals surface area contributed by atoms with Gasteiger partial charge in [-0.3, -0.25) is 9.59 Å². The topological polar surface area (TPSA) is 46.6 Å². The van der Waals surface area contributed by atoms with E-state index in [9.17, 15) is 9.59 Å². The average molecular weight is 233 g/mol. The molecule has 90 valence electrons. The maximum absolute atomic E-state index is 11.6. The molecule has 1 heterocycles. The molecule has 1 aromatic rings. The number of ether oxygens (including phenoxy) is 1. The molecular formula is C13H15NO3. The van der Waals surface area contributed by atoms with Gasteiger partial charge in [0.2, 0.25) is 0 Å². The molecule has 0 spiro atoms. The number of carbonyl (C=O) groups is 2. The molecule has 0 N–H and O–H groups in total. The van der Waals surface area contributed by atoms with Crippen molar-refractivity contribution in [3.05, 3.63) is 30.3 Å². The number of hydrogen-bond acceptors (Lipinski definition) is 4. The molecule has 0 bridgehead atoms. The molecule has 1 aliphatic heterocycles. The second kappa shape index (κ2) is 4.99. The summed E-state index contributed by atoms with van der Waals surface area (Å²) in [4.78, 5) is 25.2. The Labute approximate surface area is 100 Å². The van der Waals surface area contributed by atoms with E-state index in [0.29, 0.717) is 19.5 Å². The van der Waals surface area contributed by atoms with E-state index in [1.807, 2.05) is 35.2 Å². The van der Waals surface area contributed by atoms with E-state index in [1.54, 1.807) is 0 Å². The fourth-order valence-electron chi connectivity index (χ4n) is 2.05. The Balaban J connectivity index is 2.13. The minimum Gasteiger partial charge on any atom is -0.468 e. The maximum Gasteiger partial charge on any atom is 0.318 e. The lowest BCUT2D eigenvalue weighted by Crippen LogP contribution is -2.44. The Hall–Kier alpha value is -1.84. The summed E-state index contributed by atoms with van der Waals surface area (Å²) >= 11 is 0. The quantitative estimate of drug-likeness (QED) is 0.570. The van der Waals surface area contributed by atoms with E-state index in [1.165, 1.54) is 7.11 Å². The molecule has 1 fully saturated rings. The smallest absolute Gasteiger partial charge is 0.318 e. The van der Waals surface area contributed by atoms with Crippen LogP contribution in [0.2, 0.25) is 0 Å². The molecule has 0 aromatic heterocycles. The molecule has 1 saturated heterocycles. The van der Waals surface area contributed by atoms with E-state index in [-0.39, 0.29) is 5.78 Å². The fourth-order valence-corrected chi connectivity index (χ4v) is 2.05. The monoisotopic (exact) mass is 233 g/mol. The lowest BCUT2D eigenvalue weighted by Gasteiger charge is -2.32. The molecule has 0 unspecified atom stereocenters.